The van der Waals surface area contributed by atoms with Gasteiger partial charge in [-0.15, -0.1) is 0 Å². The van der Waals surface area contributed by atoms with Gasteiger partial charge in [-0.2, -0.15) is 0 Å². The first-order valence-electron chi connectivity index (χ1n) is 24.4. The highest BCUT2D eigenvalue weighted by Gasteiger charge is 2.38. The number of aromatic amines is 6. The van der Waals surface area contributed by atoms with E-state index in [1.165, 1.54) is 150 Å². The van der Waals surface area contributed by atoms with E-state index >= 15 is 0 Å². The minimum Gasteiger partial charge on any atom is -1.00 e. The van der Waals surface area contributed by atoms with Gasteiger partial charge in [0.25, 0.3) is 0 Å². The molecule has 0 fully saturated rings. The van der Waals surface area contributed by atoms with Crippen molar-refractivity contribution in [3.63, 3.8) is 0 Å². The summed E-state index contributed by atoms with van der Waals surface area (Å²) in [5.41, 5.74) is 13.3. The van der Waals surface area contributed by atoms with Crippen molar-refractivity contribution in [3.05, 3.63) is 141 Å². The zero-order valence-corrected chi connectivity index (χ0v) is 41.8. The maximum Gasteiger partial charge on any atom is 0.0872 e. The number of aromatic nitrogens is 6. The smallest absolute Gasteiger partial charge is 0.0872 e. The lowest BCUT2D eigenvalue weighted by atomic mass is 9.80. The number of quaternary nitrogens is 1. The van der Waals surface area contributed by atoms with E-state index in [0.29, 0.717) is 0 Å². The minimum absolute atomic E-state index is 0. The van der Waals surface area contributed by atoms with Crippen LogP contribution in [0.2, 0.25) is 0 Å². The van der Waals surface area contributed by atoms with Crippen LogP contribution in [-0.4, -0.2) is 107 Å². The van der Waals surface area contributed by atoms with Gasteiger partial charge >= 0.3 is 0 Å². The molecule has 9 heterocycles. The number of halogens is 1. The topological polar surface area (TPSA) is 167 Å². The summed E-state index contributed by atoms with van der Waals surface area (Å²) in [5.74, 6) is 0. The molecule has 3 aliphatic heterocycles. The van der Waals surface area contributed by atoms with Crippen molar-refractivity contribution in [1.82, 2.24) is 44.6 Å². The van der Waals surface area contributed by atoms with Gasteiger partial charge in [0.1, 0.15) is 0 Å². The molecular formula is C53H85FN10O2. The molecule has 0 aromatic carbocycles. The SMILES string of the molecule is CCCC[N+](CCCC)(CCCC)CCCC.CN1Cc2ccc([nH]2)C2(C)c3ccc([nH]3)CN(C)Cc3ccc([nH]3)C(C)(c3ccc([nH]3)C1)c1ccc([nH]1)CN(C)Cc1ccc2[nH]1.O.O.[F-]. The van der Waals surface area contributed by atoms with Gasteiger partial charge in [0.2, 0.25) is 0 Å². The summed E-state index contributed by atoms with van der Waals surface area (Å²) in [7, 11) is 6.56. The Morgan fingerprint density at radius 3 is 0.727 bits per heavy atom. The molecule has 366 valence electrons. The van der Waals surface area contributed by atoms with E-state index in [1.807, 2.05) is 0 Å². The fraction of sp³-hybridized carbons (Fsp3) is 0.547. The van der Waals surface area contributed by atoms with Crippen LogP contribution in [0.1, 0.15) is 161 Å². The normalized spacial score (nSPS) is 19.2. The molecule has 0 saturated carbocycles. The number of rotatable bonds is 12. The van der Waals surface area contributed by atoms with E-state index in [0.717, 1.165) is 39.3 Å². The second kappa shape index (κ2) is 23.9. The molecule has 0 radical (unpaired) electrons. The lowest BCUT2D eigenvalue weighted by Crippen LogP contribution is -3.00. The summed E-state index contributed by atoms with van der Waals surface area (Å²) in [6, 6.07) is 27.0. The highest BCUT2D eigenvalue weighted by molar-refractivity contribution is 5.46. The first-order chi connectivity index (χ1) is 30.4. The molecule has 6 aromatic heterocycles. The number of H-pyrrole nitrogens is 6. The zero-order chi connectivity index (χ0) is 44.6. The lowest BCUT2D eigenvalue weighted by Gasteiger charge is -2.39. The third-order valence-corrected chi connectivity index (χ3v) is 14.3. The molecule has 0 spiro atoms. The molecule has 0 atom stereocenters. The van der Waals surface area contributed by atoms with Gasteiger partial charge in [-0.1, -0.05) is 53.4 Å². The Morgan fingerprint density at radius 1 is 0.379 bits per heavy atom. The van der Waals surface area contributed by atoms with E-state index in [-0.39, 0.29) is 15.7 Å². The quantitative estimate of drug-likeness (QED) is 0.0802. The van der Waals surface area contributed by atoms with Crippen molar-refractivity contribution in [2.75, 3.05) is 47.3 Å². The van der Waals surface area contributed by atoms with Gasteiger partial charge in [0.05, 0.1) is 37.0 Å². The average molecular weight is 913 g/mol. The maximum absolute atomic E-state index is 3.84. The van der Waals surface area contributed by atoms with Crippen LogP contribution in [0.25, 0.3) is 0 Å². The van der Waals surface area contributed by atoms with Crippen molar-refractivity contribution < 1.29 is 20.1 Å². The molecule has 0 amide bonds. The minimum atomic E-state index is -0.423. The Labute approximate surface area is 394 Å². The van der Waals surface area contributed by atoms with Crippen molar-refractivity contribution in [2.45, 2.75) is 143 Å². The molecule has 9 rings (SSSR count). The number of hydrogen-bond acceptors (Lipinski definition) is 3. The van der Waals surface area contributed by atoms with Crippen LogP contribution in [0.5, 0.6) is 0 Å². The second-order valence-electron chi connectivity index (χ2n) is 19.8. The Hall–Kier alpha value is -4.63. The highest BCUT2D eigenvalue weighted by atomic mass is 19.0. The molecular weight excluding hydrogens is 828 g/mol. The molecule has 0 unspecified atom stereocenters. The van der Waals surface area contributed by atoms with Crippen molar-refractivity contribution in [1.29, 1.82) is 0 Å². The van der Waals surface area contributed by atoms with Crippen molar-refractivity contribution in [3.8, 4) is 0 Å². The molecule has 0 saturated heterocycles. The van der Waals surface area contributed by atoms with Crippen LogP contribution < -0.4 is 4.70 Å². The predicted molar refractivity (Wildman–Crippen MR) is 268 cm³/mol. The molecule has 12 nitrogen and oxygen atoms in total. The van der Waals surface area contributed by atoms with Gasteiger partial charge in [0.15, 0.2) is 0 Å². The first-order valence-corrected chi connectivity index (χ1v) is 24.4. The van der Waals surface area contributed by atoms with Gasteiger partial charge in [-0.25, -0.2) is 0 Å². The molecule has 0 aliphatic carbocycles. The Balaban J connectivity index is 0.000000411. The van der Waals surface area contributed by atoms with Crippen LogP contribution in [0.15, 0.2) is 72.8 Å². The molecule has 10 N–H and O–H groups in total. The molecule has 66 heavy (non-hydrogen) atoms. The van der Waals surface area contributed by atoms with E-state index < -0.39 is 10.8 Å². The summed E-state index contributed by atoms with van der Waals surface area (Å²) in [6.07, 6.45) is 11.1. The van der Waals surface area contributed by atoms with Crippen LogP contribution in [0.3, 0.4) is 0 Å². The Morgan fingerprint density at radius 2 is 0.561 bits per heavy atom. The molecule has 13 heteroatoms. The Bertz CT molecular complexity index is 1910. The number of nitrogens with one attached hydrogen (secondary N) is 6. The lowest BCUT2D eigenvalue weighted by molar-refractivity contribution is -0.929. The third kappa shape index (κ3) is 12.1. The predicted octanol–water partition coefficient (Wildman–Crippen LogP) is 6.24. The van der Waals surface area contributed by atoms with Crippen LogP contribution in [0, 0.1) is 0 Å². The van der Waals surface area contributed by atoms with Crippen LogP contribution >= 0.6 is 0 Å². The van der Waals surface area contributed by atoms with E-state index in [9.17, 15) is 0 Å². The fourth-order valence-electron chi connectivity index (χ4n) is 10.4. The van der Waals surface area contributed by atoms with E-state index in [2.05, 4.69) is 180 Å². The summed E-state index contributed by atoms with van der Waals surface area (Å²) in [4.78, 5) is 30.1. The molecule has 6 aromatic rings. The van der Waals surface area contributed by atoms with Crippen LogP contribution in [-0.2, 0) is 50.1 Å². The highest BCUT2D eigenvalue weighted by Crippen LogP contribution is 2.40. The van der Waals surface area contributed by atoms with Gasteiger partial charge in [0, 0.05) is 108 Å². The molecule has 14 bridgehead atoms. The molecule has 3 aliphatic rings. The standard InChI is InChI=1S/C37H45N9.C16H36N.FH.2H2O/c1-36-30-12-6-24(38-30)18-44(3)21-27-9-15-33(41-27)37(2,34-16-10-28(42-34)22-45(4)19-25-7-13-31(36)39-25)35-17-11-29(43-35)23-46(5)20-26-8-14-32(36)40-26;1-5-9-13-17(14-10-6-2,15-11-7-3)16-12-8-4;;;/h6-17,38-43H,18-23H2,1-5H3;5-16H2,1-4H3;1H;2*1H2/q;+1;;;/p-1. The number of nitrogens with zero attached hydrogens (tertiary/aromatic N) is 4. The maximum atomic E-state index is 3.84. The van der Waals surface area contributed by atoms with Gasteiger partial charge in [-0.3, -0.25) is 14.7 Å². The summed E-state index contributed by atoms with van der Waals surface area (Å²) >= 11 is 0. The summed E-state index contributed by atoms with van der Waals surface area (Å²) < 4.78 is 1.42. The second-order valence-corrected chi connectivity index (χ2v) is 19.8. The van der Waals surface area contributed by atoms with Crippen molar-refractivity contribution >= 4 is 0 Å². The van der Waals surface area contributed by atoms with Gasteiger partial charge in [-0.05, 0) is 133 Å². The van der Waals surface area contributed by atoms with Crippen molar-refractivity contribution in [2.24, 2.45) is 0 Å². The number of unbranched alkanes of at least 4 members (excludes halogenated alkanes) is 4. The monoisotopic (exact) mass is 913 g/mol. The van der Waals surface area contributed by atoms with Gasteiger partial charge < -0.3 is 50.0 Å². The van der Waals surface area contributed by atoms with E-state index in [4.69, 9.17) is 0 Å². The third-order valence-electron chi connectivity index (χ3n) is 14.3. The first kappa shape index (κ1) is 54.0. The van der Waals surface area contributed by atoms with E-state index in [1.54, 1.807) is 0 Å². The summed E-state index contributed by atoms with van der Waals surface area (Å²) in [5, 5.41) is 0. The zero-order valence-electron chi connectivity index (χ0n) is 41.8. The summed E-state index contributed by atoms with van der Waals surface area (Å²) in [6.45, 7) is 24.5. The van der Waals surface area contributed by atoms with Crippen LogP contribution in [0.4, 0.5) is 0 Å². The fourth-order valence-corrected chi connectivity index (χ4v) is 10.4. The number of fused-ring (bicyclic) bond motifs is 6. The average Bonchev–Trinajstić information content (AvgIpc) is 4.12. The Kier molecular flexibility index (Phi) is 19.5. The largest absolute Gasteiger partial charge is 1.00 e. The number of hydrogen-bond donors (Lipinski definition) is 6.